The van der Waals surface area contributed by atoms with E-state index in [4.69, 9.17) is 11.6 Å². The molecular weight excluding hydrogens is 363 g/mol. The molecule has 0 radical (unpaired) electrons. The van der Waals surface area contributed by atoms with Gasteiger partial charge >= 0.3 is 0 Å². The summed E-state index contributed by atoms with van der Waals surface area (Å²) in [4.78, 5) is 12.6. The van der Waals surface area contributed by atoms with Crippen LogP contribution in [0.3, 0.4) is 0 Å². The normalized spacial score (nSPS) is 11.8. The van der Waals surface area contributed by atoms with E-state index in [0.29, 0.717) is 5.56 Å². The van der Waals surface area contributed by atoms with Crippen molar-refractivity contribution in [3.05, 3.63) is 106 Å². The Kier molecular flexibility index (Phi) is 5.28. The zero-order valence-corrected chi connectivity index (χ0v) is 14.1. The van der Waals surface area contributed by atoms with Gasteiger partial charge in [-0.3, -0.25) is 4.79 Å². The van der Waals surface area contributed by atoms with Crippen LogP contribution in [0.25, 0.3) is 0 Å². The van der Waals surface area contributed by atoms with Crippen molar-refractivity contribution in [3.63, 3.8) is 0 Å². The van der Waals surface area contributed by atoms with E-state index in [1.807, 2.05) is 6.07 Å². The number of rotatable bonds is 4. The van der Waals surface area contributed by atoms with Crippen LogP contribution in [0.5, 0.6) is 0 Å². The number of amides is 1. The summed E-state index contributed by atoms with van der Waals surface area (Å²) in [6.07, 6.45) is 0. The van der Waals surface area contributed by atoms with Gasteiger partial charge in [0.05, 0.1) is 16.6 Å². The molecule has 0 aromatic heterocycles. The third kappa shape index (κ3) is 3.89. The van der Waals surface area contributed by atoms with E-state index in [0.717, 1.165) is 17.7 Å². The summed E-state index contributed by atoms with van der Waals surface area (Å²) >= 11 is 5.88. The van der Waals surface area contributed by atoms with Crippen molar-refractivity contribution >= 4 is 17.5 Å². The van der Waals surface area contributed by atoms with Crippen LogP contribution >= 0.6 is 11.6 Å². The molecule has 0 bridgehead atoms. The maximum atomic E-state index is 13.5. The molecule has 0 heterocycles. The zero-order chi connectivity index (χ0) is 18.7. The van der Waals surface area contributed by atoms with E-state index >= 15 is 0 Å². The van der Waals surface area contributed by atoms with Gasteiger partial charge in [-0.25, -0.2) is 13.2 Å². The van der Waals surface area contributed by atoms with Crippen LogP contribution in [0.15, 0.2) is 66.7 Å². The van der Waals surface area contributed by atoms with E-state index in [-0.39, 0.29) is 10.6 Å². The second-order valence-electron chi connectivity index (χ2n) is 5.61. The first-order valence-electron chi connectivity index (χ1n) is 7.71. The first-order chi connectivity index (χ1) is 12.5. The highest BCUT2D eigenvalue weighted by molar-refractivity contribution is 6.33. The summed E-state index contributed by atoms with van der Waals surface area (Å²) in [7, 11) is 0. The Morgan fingerprint density at radius 3 is 2.08 bits per heavy atom. The van der Waals surface area contributed by atoms with Crippen LogP contribution in [-0.2, 0) is 0 Å². The Bertz CT molecular complexity index is 930. The van der Waals surface area contributed by atoms with Crippen molar-refractivity contribution in [2.24, 2.45) is 0 Å². The molecule has 26 heavy (non-hydrogen) atoms. The van der Waals surface area contributed by atoms with Gasteiger partial charge in [0.2, 0.25) is 0 Å². The molecule has 2 nitrogen and oxygen atoms in total. The molecule has 1 amide bonds. The lowest BCUT2D eigenvalue weighted by molar-refractivity contribution is 0.0942. The molecule has 132 valence electrons. The SMILES string of the molecule is O=C(NC(c1ccccc1)c1ccc(F)cc1)c1cc(F)c(F)cc1Cl. The monoisotopic (exact) mass is 375 g/mol. The Labute approximate surface area is 153 Å². The van der Waals surface area contributed by atoms with Crippen LogP contribution in [-0.4, -0.2) is 5.91 Å². The average Bonchev–Trinajstić information content (AvgIpc) is 2.64. The molecule has 0 fully saturated rings. The molecule has 6 heteroatoms. The van der Waals surface area contributed by atoms with Crippen molar-refractivity contribution in [1.82, 2.24) is 5.32 Å². The van der Waals surface area contributed by atoms with Crippen molar-refractivity contribution in [2.75, 3.05) is 0 Å². The Hall–Kier alpha value is -2.79. The van der Waals surface area contributed by atoms with Gasteiger partial charge in [0.1, 0.15) is 5.82 Å². The van der Waals surface area contributed by atoms with Gasteiger partial charge in [0.15, 0.2) is 11.6 Å². The van der Waals surface area contributed by atoms with Gasteiger partial charge in [-0.15, -0.1) is 0 Å². The molecule has 3 rings (SSSR count). The van der Waals surface area contributed by atoms with Crippen LogP contribution < -0.4 is 5.32 Å². The Morgan fingerprint density at radius 2 is 1.42 bits per heavy atom. The van der Waals surface area contributed by atoms with Gasteiger partial charge < -0.3 is 5.32 Å². The third-order valence-electron chi connectivity index (χ3n) is 3.87. The average molecular weight is 376 g/mol. The second kappa shape index (κ2) is 7.62. The number of hydrogen-bond donors (Lipinski definition) is 1. The molecule has 1 atom stereocenters. The molecule has 0 saturated carbocycles. The number of benzene rings is 3. The first kappa shape index (κ1) is 18.0. The minimum Gasteiger partial charge on any atom is -0.341 e. The number of nitrogens with one attached hydrogen (secondary N) is 1. The number of hydrogen-bond acceptors (Lipinski definition) is 1. The predicted molar refractivity (Wildman–Crippen MR) is 93.5 cm³/mol. The lowest BCUT2D eigenvalue weighted by Crippen LogP contribution is -2.29. The van der Waals surface area contributed by atoms with Gasteiger partial charge in [0.25, 0.3) is 5.91 Å². The fourth-order valence-corrected chi connectivity index (χ4v) is 2.80. The summed E-state index contributed by atoms with van der Waals surface area (Å²) in [5.41, 5.74) is 1.18. The van der Waals surface area contributed by atoms with Crippen LogP contribution in [0.2, 0.25) is 5.02 Å². The number of carbonyl (C=O) groups excluding carboxylic acids is 1. The molecule has 3 aromatic rings. The highest BCUT2D eigenvalue weighted by atomic mass is 35.5. The maximum absolute atomic E-state index is 13.5. The summed E-state index contributed by atoms with van der Waals surface area (Å²) < 4.78 is 40.0. The molecule has 3 aromatic carbocycles. The van der Waals surface area contributed by atoms with Crippen molar-refractivity contribution in [3.8, 4) is 0 Å². The van der Waals surface area contributed by atoms with Gasteiger partial charge in [0, 0.05) is 0 Å². The van der Waals surface area contributed by atoms with Gasteiger partial charge in [-0.05, 0) is 35.4 Å². The quantitative estimate of drug-likeness (QED) is 0.618. The summed E-state index contributed by atoms with van der Waals surface area (Å²) in [5, 5.41) is 2.54. The first-order valence-corrected chi connectivity index (χ1v) is 8.09. The van der Waals surface area contributed by atoms with E-state index in [1.165, 1.54) is 12.1 Å². The van der Waals surface area contributed by atoms with E-state index < -0.39 is 29.4 Å². The lowest BCUT2D eigenvalue weighted by atomic mass is 9.98. The smallest absolute Gasteiger partial charge is 0.253 e. The highest BCUT2D eigenvalue weighted by Crippen LogP contribution is 2.25. The molecule has 1 N–H and O–H groups in total. The molecule has 0 saturated heterocycles. The largest absolute Gasteiger partial charge is 0.341 e. The van der Waals surface area contributed by atoms with E-state index in [9.17, 15) is 18.0 Å². The number of halogens is 4. The molecule has 0 spiro atoms. The van der Waals surface area contributed by atoms with Crippen molar-refractivity contribution < 1.29 is 18.0 Å². The molecular formula is C20H13ClF3NO. The predicted octanol–water partition coefficient (Wildman–Crippen LogP) is 5.28. The van der Waals surface area contributed by atoms with E-state index in [1.54, 1.807) is 36.4 Å². The molecule has 0 aliphatic rings. The van der Waals surface area contributed by atoms with Crippen LogP contribution in [0.4, 0.5) is 13.2 Å². The fourth-order valence-electron chi connectivity index (χ4n) is 2.57. The minimum absolute atomic E-state index is 0.186. The van der Waals surface area contributed by atoms with Crippen LogP contribution in [0.1, 0.15) is 27.5 Å². The standard InChI is InChI=1S/C20H13ClF3NO/c21-16-11-18(24)17(23)10-15(16)20(26)25-19(12-4-2-1-3-5-12)13-6-8-14(22)9-7-13/h1-11,19H,(H,25,26). The zero-order valence-electron chi connectivity index (χ0n) is 13.3. The van der Waals surface area contributed by atoms with Crippen molar-refractivity contribution in [1.29, 1.82) is 0 Å². The van der Waals surface area contributed by atoms with E-state index in [2.05, 4.69) is 5.32 Å². The van der Waals surface area contributed by atoms with Gasteiger partial charge in [-0.2, -0.15) is 0 Å². The van der Waals surface area contributed by atoms with Crippen molar-refractivity contribution in [2.45, 2.75) is 6.04 Å². The molecule has 0 aliphatic carbocycles. The lowest BCUT2D eigenvalue weighted by Gasteiger charge is -2.20. The topological polar surface area (TPSA) is 29.1 Å². The second-order valence-corrected chi connectivity index (χ2v) is 6.02. The third-order valence-corrected chi connectivity index (χ3v) is 4.18. The highest BCUT2D eigenvalue weighted by Gasteiger charge is 2.21. The number of carbonyl (C=O) groups is 1. The molecule has 0 aliphatic heterocycles. The maximum Gasteiger partial charge on any atom is 0.253 e. The Balaban J connectivity index is 1.97. The Morgan fingerprint density at radius 1 is 0.846 bits per heavy atom. The fraction of sp³-hybridized carbons (Fsp3) is 0.0500. The summed E-state index contributed by atoms with van der Waals surface area (Å²) in [6, 6.07) is 15.5. The van der Waals surface area contributed by atoms with Gasteiger partial charge in [-0.1, -0.05) is 54.1 Å². The summed E-state index contributed by atoms with van der Waals surface area (Å²) in [6.45, 7) is 0. The minimum atomic E-state index is -1.17. The van der Waals surface area contributed by atoms with Crippen LogP contribution in [0, 0.1) is 17.5 Å². The molecule has 1 unspecified atom stereocenters. The summed E-state index contributed by atoms with van der Waals surface area (Å²) in [5.74, 6) is -3.38.